The third kappa shape index (κ3) is 2.51. The number of nitrogens with two attached hydrogens (primary N) is 1. The van der Waals surface area contributed by atoms with Crippen LogP contribution in [0.25, 0.3) is 11.0 Å². The molecule has 20 heavy (non-hydrogen) atoms. The molecule has 3 nitrogen and oxygen atoms in total. The van der Waals surface area contributed by atoms with Crippen LogP contribution >= 0.6 is 0 Å². The first-order chi connectivity index (χ1) is 9.65. The lowest BCUT2D eigenvalue weighted by atomic mass is 9.81. The minimum absolute atomic E-state index is 0.292. The molecule has 0 amide bonds. The molecule has 1 aromatic carbocycles. The zero-order chi connectivity index (χ0) is 14.1. The number of para-hydroxylation sites is 1. The Kier molecular flexibility index (Phi) is 3.64. The van der Waals surface area contributed by atoms with Crippen molar-refractivity contribution in [2.75, 3.05) is 5.73 Å². The Labute approximate surface area is 119 Å². The normalized spacial score (nSPS) is 23.3. The number of anilines is 1. The number of fused-ring (bicyclic) bond motifs is 1. The monoisotopic (exact) mass is 275 g/mol. The highest BCUT2D eigenvalue weighted by atomic mass is 19.1. The SMILES string of the molecule is CC1CCCC(CCn2c(N)nc3c(F)cccc32)C1. The molecular formula is C16H22FN3. The Morgan fingerprint density at radius 2 is 2.25 bits per heavy atom. The molecule has 0 radical (unpaired) electrons. The van der Waals surface area contributed by atoms with Crippen LogP contribution < -0.4 is 5.73 Å². The van der Waals surface area contributed by atoms with Crippen LogP contribution in [0.15, 0.2) is 18.2 Å². The lowest BCUT2D eigenvalue weighted by Gasteiger charge is -2.26. The van der Waals surface area contributed by atoms with Gasteiger partial charge in [0.1, 0.15) is 5.52 Å². The second kappa shape index (κ2) is 5.43. The quantitative estimate of drug-likeness (QED) is 0.921. The van der Waals surface area contributed by atoms with E-state index in [4.69, 9.17) is 5.73 Å². The molecule has 2 N–H and O–H groups in total. The molecule has 0 spiro atoms. The molecule has 1 fully saturated rings. The van der Waals surface area contributed by atoms with E-state index in [9.17, 15) is 4.39 Å². The maximum absolute atomic E-state index is 13.7. The zero-order valence-corrected chi connectivity index (χ0v) is 12.0. The molecule has 4 heteroatoms. The minimum atomic E-state index is -0.292. The fourth-order valence-corrected chi connectivity index (χ4v) is 3.50. The van der Waals surface area contributed by atoms with Gasteiger partial charge in [0.15, 0.2) is 5.82 Å². The number of nitrogens with zero attached hydrogens (tertiary/aromatic N) is 2. The van der Waals surface area contributed by atoms with Crippen molar-refractivity contribution in [1.29, 1.82) is 0 Å². The van der Waals surface area contributed by atoms with Crippen molar-refractivity contribution >= 4 is 17.0 Å². The van der Waals surface area contributed by atoms with E-state index in [2.05, 4.69) is 11.9 Å². The maximum atomic E-state index is 13.7. The van der Waals surface area contributed by atoms with Crippen molar-refractivity contribution in [3.05, 3.63) is 24.0 Å². The minimum Gasteiger partial charge on any atom is -0.369 e. The van der Waals surface area contributed by atoms with E-state index in [1.165, 1.54) is 31.7 Å². The fraction of sp³-hybridized carbons (Fsp3) is 0.562. The van der Waals surface area contributed by atoms with Gasteiger partial charge in [-0.1, -0.05) is 32.3 Å². The number of hydrogen-bond acceptors (Lipinski definition) is 2. The molecule has 0 bridgehead atoms. The van der Waals surface area contributed by atoms with Crippen LogP contribution in [-0.2, 0) is 6.54 Å². The summed E-state index contributed by atoms with van der Waals surface area (Å²) >= 11 is 0. The number of nitrogen functional groups attached to an aromatic ring is 1. The van der Waals surface area contributed by atoms with Gasteiger partial charge in [-0.15, -0.1) is 0 Å². The van der Waals surface area contributed by atoms with Crippen molar-refractivity contribution in [1.82, 2.24) is 9.55 Å². The Hall–Kier alpha value is -1.58. The van der Waals surface area contributed by atoms with Crippen LogP contribution in [0.5, 0.6) is 0 Å². The number of imidazole rings is 1. The number of benzene rings is 1. The molecule has 0 saturated heterocycles. The predicted molar refractivity (Wildman–Crippen MR) is 79.8 cm³/mol. The number of aryl methyl sites for hydroxylation is 1. The summed E-state index contributed by atoms with van der Waals surface area (Å²) in [6.07, 6.45) is 6.42. The summed E-state index contributed by atoms with van der Waals surface area (Å²) in [5.41, 5.74) is 7.15. The summed E-state index contributed by atoms with van der Waals surface area (Å²) in [7, 11) is 0. The highest BCUT2D eigenvalue weighted by Gasteiger charge is 2.19. The molecule has 1 aliphatic carbocycles. The summed E-state index contributed by atoms with van der Waals surface area (Å²) in [6.45, 7) is 3.17. The van der Waals surface area contributed by atoms with Crippen LogP contribution in [0.1, 0.15) is 39.0 Å². The third-order valence-corrected chi connectivity index (χ3v) is 4.57. The van der Waals surface area contributed by atoms with Crippen LogP contribution in [0.3, 0.4) is 0 Å². The molecular weight excluding hydrogens is 253 g/mol. The molecule has 0 aliphatic heterocycles. The van der Waals surface area contributed by atoms with Gasteiger partial charge in [-0.05, 0) is 36.8 Å². The predicted octanol–water partition coefficient (Wildman–Crippen LogP) is 3.97. The van der Waals surface area contributed by atoms with Gasteiger partial charge in [0.25, 0.3) is 0 Å². The third-order valence-electron chi connectivity index (χ3n) is 4.57. The van der Waals surface area contributed by atoms with Gasteiger partial charge in [-0.25, -0.2) is 9.37 Å². The van der Waals surface area contributed by atoms with E-state index >= 15 is 0 Å². The Bertz CT molecular complexity index is 605. The molecule has 1 heterocycles. The Morgan fingerprint density at radius 1 is 1.40 bits per heavy atom. The van der Waals surface area contributed by atoms with Gasteiger partial charge in [-0.3, -0.25) is 0 Å². The number of halogens is 1. The highest BCUT2D eigenvalue weighted by Crippen LogP contribution is 2.31. The molecule has 1 saturated carbocycles. The smallest absolute Gasteiger partial charge is 0.201 e. The van der Waals surface area contributed by atoms with E-state index in [0.717, 1.165) is 30.3 Å². The van der Waals surface area contributed by atoms with Crippen LogP contribution in [0, 0.1) is 17.7 Å². The molecule has 1 aliphatic rings. The van der Waals surface area contributed by atoms with Crippen LogP contribution in [0.2, 0.25) is 0 Å². The van der Waals surface area contributed by atoms with E-state index < -0.39 is 0 Å². The van der Waals surface area contributed by atoms with Gasteiger partial charge >= 0.3 is 0 Å². The molecule has 2 unspecified atom stereocenters. The average Bonchev–Trinajstić information content (AvgIpc) is 2.74. The first-order valence-corrected chi connectivity index (χ1v) is 7.55. The van der Waals surface area contributed by atoms with Crippen molar-refractivity contribution < 1.29 is 4.39 Å². The van der Waals surface area contributed by atoms with Gasteiger partial charge < -0.3 is 10.3 Å². The van der Waals surface area contributed by atoms with Gasteiger partial charge in [0.2, 0.25) is 5.95 Å². The molecule has 3 rings (SSSR count). The summed E-state index contributed by atoms with van der Waals surface area (Å²) in [5.74, 6) is 1.74. The van der Waals surface area contributed by atoms with Crippen LogP contribution in [0.4, 0.5) is 10.3 Å². The number of rotatable bonds is 3. The molecule has 2 atom stereocenters. The van der Waals surface area contributed by atoms with Crippen molar-refractivity contribution in [2.45, 2.75) is 45.6 Å². The van der Waals surface area contributed by atoms with E-state index in [1.54, 1.807) is 6.07 Å². The lowest BCUT2D eigenvalue weighted by molar-refractivity contribution is 0.262. The number of hydrogen-bond donors (Lipinski definition) is 1. The van der Waals surface area contributed by atoms with E-state index in [1.807, 2.05) is 10.6 Å². The van der Waals surface area contributed by atoms with E-state index in [-0.39, 0.29) is 5.82 Å². The average molecular weight is 275 g/mol. The van der Waals surface area contributed by atoms with Gasteiger partial charge in [-0.2, -0.15) is 0 Å². The van der Waals surface area contributed by atoms with Crippen molar-refractivity contribution in [3.8, 4) is 0 Å². The second-order valence-corrected chi connectivity index (χ2v) is 6.16. The first-order valence-electron chi connectivity index (χ1n) is 7.55. The summed E-state index contributed by atoms with van der Waals surface area (Å²) in [6, 6.07) is 5.05. The summed E-state index contributed by atoms with van der Waals surface area (Å²) in [5, 5.41) is 0. The first kappa shape index (κ1) is 13.4. The second-order valence-electron chi connectivity index (χ2n) is 6.16. The van der Waals surface area contributed by atoms with Crippen LogP contribution in [-0.4, -0.2) is 9.55 Å². The molecule has 2 aromatic rings. The summed E-state index contributed by atoms with van der Waals surface area (Å²) < 4.78 is 15.7. The summed E-state index contributed by atoms with van der Waals surface area (Å²) in [4.78, 5) is 4.16. The van der Waals surface area contributed by atoms with Crippen molar-refractivity contribution in [3.63, 3.8) is 0 Å². The van der Waals surface area contributed by atoms with E-state index in [0.29, 0.717) is 11.5 Å². The lowest BCUT2D eigenvalue weighted by Crippen LogP contribution is -2.15. The van der Waals surface area contributed by atoms with Gasteiger partial charge in [0, 0.05) is 6.54 Å². The van der Waals surface area contributed by atoms with Crippen molar-refractivity contribution in [2.24, 2.45) is 11.8 Å². The van der Waals surface area contributed by atoms with Gasteiger partial charge in [0.05, 0.1) is 5.52 Å². The zero-order valence-electron chi connectivity index (χ0n) is 12.0. The highest BCUT2D eigenvalue weighted by molar-refractivity contribution is 5.78. The maximum Gasteiger partial charge on any atom is 0.201 e. The Balaban J connectivity index is 1.77. The molecule has 1 aromatic heterocycles. The fourth-order valence-electron chi connectivity index (χ4n) is 3.50. The Morgan fingerprint density at radius 3 is 3.05 bits per heavy atom. The largest absolute Gasteiger partial charge is 0.369 e. The molecule has 108 valence electrons. The topological polar surface area (TPSA) is 43.8 Å². The number of aromatic nitrogens is 2. The standard InChI is InChI=1S/C16H22FN3/c1-11-4-2-5-12(10-11)8-9-20-14-7-3-6-13(17)15(14)19-16(20)18/h3,6-7,11-12H,2,4-5,8-10H2,1H3,(H2,18,19).